The summed E-state index contributed by atoms with van der Waals surface area (Å²) in [6.45, 7) is 2.97. The molecule has 0 radical (unpaired) electrons. The van der Waals surface area contributed by atoms with Crippen molar-refractivity contribution in [1.29, 1.82) is 5.26 Å². The highest BCUT2D eigenvalue weighted by molar-refractivity contribution is 6.32. The Labute approximate surface area is 110 Å². The molecule has 2 rings (SSSR count). The lowest BCUT2D eigenvalue weighted by Gasteiger charge is -2.20. The van der Waals surface area contributed by atoms with E-state index in [1.807, 2.05) is 11.8 Å². The van der Waals surface area contributed by atoms with Gasteiger partial charge in [0.05, 0.1) is 22.2 Å². The quantitative estimate of drug-likeness (QED) is 0.891. The molecule has 0 spiro atoms. The van der Waals surface area contributed by atoms with Crippen molar-refractivity contribution in [3.8, 4) is 6.07 Å². The van der Waals surface area contributed by atoms with E-state index >= 15 is 0 Å². The molecule has 18 heavy (non-hydrogen) atoms. The van der Waals surface area contributed by atoms with Crippen molar-refractivity contribution in [2.45, 2.75) is 6.92 Å². The predicted molar refractivity (Wildman–Crippen MR) is 68.7 cm³/mol. The highest BCUT2D eigenvalue weighted by Crippen LogP contribution is 2.33. The van der Waals surface area contributed by atoms with Crippen molar-refractivity contribution >= 4 is 23.3 Å². The molecule has 2 atom stereocenters. The van der Waals surface area contributed by atoms with Gasteiger partial charge in [0.2, 0.25) is 0 Å². The maximum Gasteiger partial charge on any atom is 0.308 e. The molecular weight excluding hydrogens is 252 g/mol. The molecule has 0 saturated carbocycles. The van der Waals surface area contributed by atoms with Gasteiger partial charge in [0.15, 0.2) is 0 Å². The van der Waals surface area contributed by atoms with Crippen molar-refractivity contribution in [3.63, 3.8) is 0 Å². The average molecular weight is 265 g/mol. The molecule has 94 valence electrons. The minimum atomic E-state index is -0.787. The van der Waals surface area contributed by atoms with E-state index in [-0.39, 0.29) is 5.92 Å². The zero-order valence-corrected chi connectivity index (χ0v) is 10.7. The van der Waals surface area contributed by atoms with E-state index in [1.54, 1.807) is 18.2 Å². The van der Waals surface area contributed by atoms with Crippen molar-refractivity contribution in [1.82, 2.24) is 0 Å². The SMILES string of the molecule is C[C@@H]1CN(c2cccc(Cl)c2C#N)C[C@H]1C(=O)O. The third-order valence-corrected chi connectivity index (χ3v) is 3.69. The Bertz CT molecular complexity index is 524. The summed E-state index contributed by atoms with van der Waals surface area (Å²) in [5.74, 6) is -1.12. The average Bonchev–Trinajstić information content (AvgIpc) is 2.71. The van der Waals surface area contributed by atoms with Gasteiger partial charge in [-0.25, -0.2) is 0 Å². The van der Waals surface area contributed by atoms with Crippen LogP contribution < -0.4 is 4.90 Å². The molecule has 1 aliphatic heterocycles. The van der Waals surface area contributed by atoms with Crippen LogP contribution in [0.2, 0.25) is 5.02 Å². The molecule has 1 aliphatic rings. The summed E-state index contributed by atoms with van der Waals surface area (Å²) in [5, 5.41) is 18.6. The van der Waals surface area contributed by atoms with Gasteiger partial charge in [-0.2, -0.15) is 5.26 Å². The summed E-state index contributed by atoms with van der Waals surface area (Å²) in [5.41, 5.74) is 1.14. The zero-order chi connectivity index (χ0) is 13.3. The Morgan fingerprint density at radius 3 is 2.83 bits per heavy atom. The second-order valence-electron chi connectivity index (χ2n) is 4.57. The Morgan fingerprint density at radius 2 is 2.28 bits per heavy atom. The van der Waals surface area contributed by atoms with Crippen LogP contribution in [-0.4, -0.2) is 24.2 Å². The van der Waals surface area contributed by atoms with Crippen molar-refractivity contribution < 1.29 is 9.90 Å². The third-order valence-electron chi connectivity index (χ3n) is 3.37. The van der Waals surface area contributed by atoms with Gasteiger partial charge in [0.1, 0.15) is 6.07 Å². The second-order valence-corrected chi connectivity index (χ2v) is 4.98. The number of halogens is 1. The molecule has 0 aromatic heterocycles. The first kappa shape index (κ1) is 12.7. The van der Waals surface area contributed by atoms with Gasteiger partial charge in [0, 0.05) is 13.1 Å². The molecule has 1 fully saturated rings. The summed E-state index contributed by atoms with van der Waals surface area (Å²) in [7, 11) is 0. The summed E-state index contributed by atoms with van der Waals surface area (Å²) >= 11 is 5.98. The van der Waals surface area contributed by atoms with Gasteiger partial charge in [-0.15, -0.1) is 0 Å². The molecule has 1 saturated heterocycles. The molecule has 1 N–H and O–H groups in total. The standard InChI is InChI=1S/C13H13ClN2O2/c1-8-6-16(7-10(8)13(17)18)12-4-2-3-11(14)9(12)5-15/h2-4,8,10H,6-7H2,1H3,(H,17,18)/t8-,10-/m1/s1. The fourth-order valence-electron chi connectivity index (χ4n) is 2.37. The molecule has 1 aromatic carbocycles. The van der Waals surface area contributed by atoms with Crippen LogP contribution in [0, 0.1) is 23.2 Å². The number of benzene rings is 1. The number of nitriles is 1. The molecule has 0 unspecified atom stereocenters. The summed E-state index contributed by atoms with van der Waals surface area (Å²) in [6.07, 6.45) is 0. The number of nitrogens with zero attached hydrogens (tertiary/aromatic N) is 2. The molecule has 5 heteroatoms. The largest absolute Gasteiger partial charge is 0.481 e. The highest BCUT2D eigenvalue weighted by atomic mass is 35.5. The Kier molecular flexibility index (Phi) is 3.44. The van der Waals surface area contributed by atoms with Crippen molar-refractivity contribution in [2.24, 2.45) is 11.8 Å². The van der Waals surface area contributed by atoms with Gasteiger partial charge < -0.3 is 10.0 Å². The summed E-state index contributed by atoms with van der Waals surface area (Å²) in [6, 6.07) is 7.33. The van der Waals surface area contributed by atoms with Gasteiger partial charge in [-0.05, 0) is 18.1 Å². The van der Waals surface area contributed by atoms with Crippen LogP contribution in [0.5, 0.6) is 0 Å². The topological polar surface area (TPSA) is 64.3 Å². The number of anilines is 1. The minimum absolute atomic E-state index is 0.0630. The molecule has 4 nitrogen and oxygen atoms in total. The Hall–Kier alpha value is -1.73. The van der Waals surface area contributed by atoms with Gasteiger partial charge in [0.25, 0.3) is 0 Å². The van der Waals surface area contributed by atoms with Gasteiger partial charge in [-0.3, -0.25) is 4.79 Å². The highest BCUT2D eigenvalue weighted by Gasteiger charge is 2.35. The van der Waals surface area contributed by atoms with E-state index in [1.165, 1.54) is 0 Å². The number of hydrogen-bond acceptors (Lipinski definition) is 3. The van der Waals surface area contributed by atoms with E-state index in [2.05, 4.69) is 6.07 Å². The summed E-state index contributed by atoms with van der Waals surface area (Å²) < 4.78 is 0. The van der Waals surface area contributed by atoms with Crippen LogP contribution in [0.25, 0.3) is 0 Å². The minimum Gasteiger partial charge on any atom is -0.481 e. The maximum atomic E-state index is 11.1. The molecule has 0 amide bonds. The van der Waals surface area contributed by atoms with Crippen molar-refractivity contribution in [3.05, 3.63) is 28.8 Å². The van der Waals surface area contributed by atoms with Crippen LogP contribution in [-0.2, 0) is 4.79 Å². The molecule has 1 heterocycles. The number of carboxylic acids is 1. The lowest BCUT2D eigenvalue weighted by molar-refractivity contribution is -0.142. The monoisotopic (exact) mass is 264 g/mol. The third kappa shape index (κ3) is 2.14. The zero-order valence-electron chi connectivity index (χ0n) is 9.93. The van der Waals surface area contributed by atoms with E-state index in [0.717, 1.165) is 5.69 Å². The normalized spacial score (nSPS) is 22.8. The number of carbonyl (C=O) groups is 1. The smallest absolute Gasteiger partial charge is 0.308 e. The first-order valence-electron chi connectivity index (χ1n) is 5.71. The number of hydrogen-bond donors (Lipinski definition) is 1. The molecule has 1 aromatic rings. The molecule has 0 bridgehead atoms. The van der Waals surface area contributed by atoms with E-state index < -0.39 is 11.9 Å². The van der Waals surface area contributed by atoms with Crippen LogP contribution in [0.1, 0.15) is 12.5 Å². The fraction of sp³-hybridized carbons (Fsp3) is 0.385. The van der Waals surface area contributed by atoms with Crippen LogP contribution in [0.4, 0.5) is 5.69 Å². The number of aliphatic carboxylic acids is 1. The second kappa shape index (κ2) is 4.87. The predicted octanol–water partition coefficient (Wildman–Crippen LogP) is 2.37. The van der Waals surface area contributed by atoms with E-state index in [9.17, 15) is 4.79 Å². The Morgan fingerprint density at radius 1 is 1.56 bits per heavy atom. The number of rotatable bonds is 2. The first-order valence-corrected chi connectivity index (χ1v) is 6.08. The lowest BCUT2D eigenvalue weighted by Crippen LogP contribution is -2.23. The lowest BCUT2D eigenvalue weighted by atomic mass is 9.99. The fourth-order valence-corrected chi connectivity index (χ4v) is 2.58. The summed E-state index contributed by atoms with van der Waals surface area (Å²) in [4.78, 5) is 13.0. The van der Waals surface area contributed by atoms with Crippen LogP contribution >= 0.6 is 11.6 Å². The molecular formula is C13H13ClN2O2. The Balaban J connectivity index is 2.33. The molecule has 0 aliphatic carbocycles. The number of carboxylic acid groups (broad SMARTS) is 1. The maximum absolute atomic E-state index is 11.1. The van der Waals surface area contributed by atoms with Gasteiger partial charge in [-0.1, -0.05) is 24.6 Å². The van der Waals surface area contributed by atoms with Gasteiger partial charge >= 0.3 is 5.97 Å². The van der Waals surface area contributed by atoms with E-state index in [0.29, 0.717) is 23.7 Å². The first-order chi connectivity index (χ1) is 8.54. The van der Waals surface area contributed by atoms with Crippen molar-refractivity contribution in [2.75, 3.05) is 18.0 Å². The van der Waals surface area contributed by atoms with Crippen LogP contribution in [0.3, 0.4) is 0 Å². The van der Waals surface area contributed by atoms with Crippen LogP contribution in [0.15, 0.2) is 18.2 Å². The van der Waals surface area contributed by atoms with E-state index in [4.69, 9.17) is 22.0 Å².